The van der Waals surface area contributed by atoms with Crippen LogP contribution in [0.5, 0.6) is 0 Å². The predicted octanol–water partition coefficient (Wildman–Crippen LogP) is 5.54. The Morgan fingerprint density at radius 1 is 1.15 bits per heavy atom. The molecule has 0 radical (unpaired) electrons. The van der Waals surface area contributed by atoms with Crippen LogP contribution in [-0.4, -0.2) is 17.0 Å². The fraction of sp³-hybridized carbons (Fsp3) is 0.625. The van der Waals surface area contributed by atoms with E-state index < -0.39 is 0 Å². The standard InChI is InChI=1S/C24H28N2O/c1-23(2)14-18-4-5-19(25-3)9-20(18)21(26-23)10-22(27)24-11-15-6-16(12-24)8-17(7-15)13-24/h4-5,9,15-17H,6-8,10-14H2,1-2H3. The lowest BCUT2D eigenvalue weighted by atomic mass is 9.48. The average molecular weight is 361 g/mol. The van der Waals surface area contributed by atoms with Crippen molar-refractivity contribution in [3.8, 4) is 0 Å². The molecule has 0 unspecified atom stereocenters. The van der Waals surface area contributed by atoms with E-state index in [9.17, 15) is 4.79 Å². The van der Waals surface area contributed by atoms with E-state index in [2.05, 4.69) is 24.8 Å². The number of ketones is 1. The van der Waals surface area contributed by atoms with Crippen molar-refractivity contribution in [1.29, 1.82) is 0 Å². The van der Waals surface area contributed by atoms with Gasteiger partial charge in [0.2, 0.25) is 0 Å². The van der Waals surface area contributed by atoms with Crippen LogP contribution in [0.2, 0.25) is 0 Å². The SMILES string of the molecule is [C-]#[N+]c1ccc2c(c1)C(CC(=O)C13CC4CC(CC(C4)C1)C3)=NC(C)(C)C2. The van der Waals surface area contributed by atoms with Crippen LogP contribution >= 0.6 is 0 Å². The minimum atomic E-state index is -0.177. The summed E-state index contributed by atoms with van der Waals surface area (Å²) in [5.41, 5.74) is 3.59. The molecule has 4 saturated carbocycles. The molecule has 6 rings (SSSR count). The van der Waals surface area contributed by atoms with Crippen LogP contribution in [-0.2, 0) is 11.2 Å². The Kier molecular flexibility index (Phi) is 3.67. The van der Waals surface area contributed by atoms with Crippen molar-refractivity contribution in [1.82, 2.24) is 0 Å². The third-order valence-corrected chi connectivity index (χ3v) is 7.55. The van der Waals surface area contributed by atoms with Gasteiger partial charge in [0, 0.05) is 17.5 Å². The maximum absolute atomic E-state index is 13.6. The van der Waals surface area contributed by atoms with Gasteiger partial charge in [-0.15, -0.1) is 0 Å². The molecule has 0 saturated heterocycles. The topological polar surface area (TPSA) is 33.8 Å². The van der Waals surface area contributed by atoms with Crippen LogP contribution in [0.15, 0.2) is 23.2 Å². The van der Waals surface area contributed by atoms with E-state index in [1.165, 1.54) is 24.8 Å². The zero-order valence-electron chi connectivity index (χ0n) is 16.4. The Hall–Kier alpha value is -1.95. The van der Waals surface area contributed by atoms with Crippen molar-refractivity contribution < 1.29 is 4.79 Å². The van der Waals surface area contributed by atoms with E-state index in [-0.39, 0.29) is 11.0 Å². The van der Waals surface area contributed by atoms with Crippen molar-refractivity contribution in [2.75, 3.05) is 0 Å². The van der Waals surface area contributed by atoms with Crippen molar-refractivity contribution in [2.24, 2.45) is 28.2 Å². The van der Waals surface area contributed by atoms with Gasteiger partial charge in [-0.1, -0.05) is 12.1 Å². The highest BCUT2D eigenvalue weighted by Gasteiger charge is 2.54. The lowest BCUT2D eigenvalue weighted by molar-refractivity contribution is -0.142. The van der Waals surface area contributed by atoms with Crippen molar-refractivity contribution in [3.63, 3.8) is 0 Å². The van der Waals surface area contributed by atoms with Gasteiger partial charge < -0.3 is 0 Å². The second kappa shape index (κ2) is 5.77. The van der Waals surface area contributed by atoms with Gasteiger partial charge in [-0.3, -0.25) is 9.79 Å². The molecule has 3 nitrogen and oxygen atoms in total. The van der Waals surface area contributed by atoms with E-state index in [1.807, 2.05) is 12.1 Å². The molecule has 0 amide bonds. The molecule has 0 atom stereocenters. The van der Waals surface area contributed by atoms with E-state index in [0.717, 1.165) is 54.7 Å². The number of Topliss-reactive ketones (excluding diaryl/α,β-unsaturated/α-hetero) is 1. The number of fused-ring (bicyclic) bond motifs is 1. The van der Waals surface area contributed by atoms with Crippen LogP contribution in [0, 0.1) is 29.7 Å². The van der Waals surface area contributed by atoms with E-state index >= 15 is 0 Å². The van der Waals surface area contributed by atoms with Gasteiger partial charge >= 0.3 is 0 Å². The number of hydrogen-bond acceptors (Lipinski definition) is 2. The molecule has 27 heavy (non-hydrogen) atoms. The minimum Gasteiger partial charge on any atom is -0.299 e. The molecule has 1 aromatic carbocycles. The third-order valence-electron chi connectivity index (χ3n) is 7.55. The fourth-order valence-electron chi connectivity index (χ4n) is 6.91. The Morgan fingerprint density at radius 2 is 1.78 bits per heavy atom. The van der Waals surface area contributed by atoms with Crippen LogP contribution < -0.4 is 0 Å². The lowest BCUT2D eigenvalue weighted by Crippen LogP contribution is -2.50. The first kappa shape index (κ1) is 17.2. The first-order valence-corrected chi connectivity index (χ1v) is 10.5. The first-order chi connectivity index (χ1) is 12.9. The second-order valence-corrected chi connectivity index (χ2v) is 10.3. The molecule has 4 fully saturated rings. The molecular weight excluding hydrogens is 332 g/mol. The predicted molar refractivity (Wildman–Crippen MR) is 107 cm³/mol. The number of nitrogens with zero attached hydrogens (tertiary/aromatic N) is 2. The van der Waals surface area contributed by atoms with Gasteiger partial charge in [0.1, 0.15) is 5.78 Å². The van der Waals surface area contributed by atoms with Crippen LogP contribution in [0.3, 0.4) is 0 Å². The third kappa shape index (κ3) is 2.85. The Morgan fingerprint density at radius 3 is 2.37 bits per heavy atom. The molecule has 0 aromatic heterocycles. The largest absolute Gasteiger partial charge is 0.299 e. The molecule has 4 bridgehead atoms. The Balaban J connectivity index is 1.47. The molecule has 0 N–H and O–H groups in total. The summed E-state index contributed by atoms with van der Waals surface area (Å²) in [4.78, 5) is 22.2. The summed E-state index contributed by atoms with van der Waals surface area (Å²) < 4.78 is 0. The monoisotopic (exact) mass is 360 g/mol. The van der Waals surface area contributed by atoms with Crippen molar-refractivity contribution in [3.05, 3.63) is 40.7 Å². The number of carbonyl (C=O) groups excluding carboxylic acids is 1. The molecule has 3 heteroatoms. The van der Waals surface area contributed by atoms with E-state index in [0.29, 0.717) is 17.9 Å². The van der Waals surface area contributed by atoms with Gasteiger partial charge in [0.05, 0.1) is 12.1 Å². The summed E-state index contributed by atoms with van der Waals surface area (Å²) in [6, 6.07) is 5.91. The van der Waals surface area contributed by atoms with Crippen LogP contribution in [0.25, 0.3) is 4.85 Å². The summed E-state index contributed by atoms with van der Waals surface area (Å²) in [6.07, 6.45) is 8.74. The zero-order chi connectivity index (χ0) is 18.8. The first-order valence-electron chi connectivity index (χ1n) is 10.5. The number of hydrogen-bond donors (Lipinski definition) is 0. The van der Waals surface area contributed by atoms with Crippen molar-refractivity contribution in [2.45, 2.75) is 70.8 Å². The molecule has 4 aliphatic carbocycles. The Bertz CT molecular complexity index is 851. The molecule has 0 spiro atoms. The molecule has 1 heterocycles. The Labute approximate surface area is 162 Å². The second-order valence-electron chi connectivity index (χ2n) is 10.3. The van der Waals surface area contributed by atoms with Gasteiger partial charge in [-0.05, 0) is 93.7 Å². The fourth-order valence-corrected chi connectivity index (χ4v) is 6.91. The van der Waals surface area contributed by atoms with E-state index in [4.69, 9.17) is 11.6 Å². The molecule has 5 aliphatic rings. The van der Waals surface area contributed by atoms with Gasteiger partial charge in [0.15, 0.2) is 5.69 Å². The summed E-state index contributed by atoms with van der Waals surface area (Å²) >= 11 is 0. The highest BCUT2D eigenvalue weighted by atomic mass is 16.1. The molecule has 1 aromatic rings. The maximum atomic E-state index is 13.6. The maximum Gasteiger partial charge on any atom is 0.187 e. The van der Waals surface area contributed by atoms with Gasteiger partial charge in [-0.2, -0.15) is 0 Å². The number of rotatable bonds is 3. The highest BCUT2D eigenvalue weighted by Crippen LogP contribution is 2.60. The average Bonchev–Trinajstić information content (AvgIpc) is 2.59. The van der Waals surface area contributed by atoms with Gasteiger partial charge in [0.25, 0.3) is 0 Å². The summed E-state index contributed by atoms with van der Waals surface area (Å²) in [5, 5.41) is 0. The quantitative estimate of drug-likeness (QED) is 0.652. The van der Waals surface area contributed by atoms with Crippen LogP contribution in [0.4, 0.5) is 5.69 Å². The van der Waals surface area contributed by atoms with Crippen LogP contribution in [0.1, 0.15) is 69.9 Å². The minimum absolute atomic E-state index is 0.0730. The summed E-state index contributed by atoms with van der Waals surface area (Å²) in [7, 11) is 0. The smallest absolute Gasteiger partial charge is 0.187 e. The van der Waals surface area contributed by atoms with Gasteiger partial charge in [-0.25, -0.2) is 4.85 Å². The molecular formula is C24H28N2O. The number of benzene rings is 1. The summed E-state index contributed by atoms with van der Waals surface area (Å²) in [6.45, 7) is 11.6. The summed E-state index contributed by atoms with van der Waals surface area (Å²) in [5.74, 6) is 2.78. The molecule has 140 valence electrons. The van der Waals surface area contributed by atoms with E-state index in [1.54, 1.807) is 0 Å². The number of carbonyl (C=O) groups is 1. The molecule has 1 aliphatic heterocycles. The number of aliphatic imine (C=N–C) groups is 1. The zero-order valence-corrected chi connectivity index (χ0v) is 16.4. The normalized spacial score (nSPS) is 35.3. The highest BCUT2D eigenvalue weighted by molar-refractivity contribution is 6.14. The lowest BCUT2D eigenvalue weighted by Gasteiger charge is -2.56. The van der Waals surface area contributed by atoms with Crippen molar-refractivity contribution >= 4 is 17.2 Å².